The molecule has 2 unspecified atom stereocenters. The number of piperazine rings is 1. The van der Waals surface area contributed by atoms with Gasteiger partial charge in [-0.1, -0.05) is 27.7 Å². The number of likely N-dealkylation sites (N-methyl/N-ethyl adjacent to an activating group) is 1. The molecule has 30 heavy (non-hydrogen) atoms. The van der Waals surface area contributed by atoms with Crippen LogP contribution in [0.4, 0.5) is 5.95 Å². The minimum Gasteiger partial charge on any atom is -0.332 e. The van der Waals surface area contributed by atoms with E-state index in [0.29, 0.717) is 30.2 Å². The molecule has 1 aromatic rings. The summed E-state index contributed by atoms with van der Waals surface area (Å²) in [5.41, 5.74) is 1.27. The van der Waals surface area contributed by atoms with Gasteiger partial charge in [-0.05, 0) is 57.3 Å². The zero-order valence-corrected chi connectivity index (χ0v) is 19.7. The Morgan fingerprint density at radius 3 is 2.13 bits per heavy atom. The summed E-state index contributed by atoms with van der Waals surface area (Å²) in [5.74, 6) is 1.96. The summed E-state index contributed by atoms with van der Waals surface area (Å²) >= 11 is 0. The topological polar surface area (TPSA) is 52.6 Å². The van der Waals surface area contributed by atoms with Crippen LogP contribution in [0.1, 0.15) is 71.3 Å². The third-order valence-electron chi connectivity index (χ3n) is 7.04. The van der Waals surface area contributed by atoms with E-state index in [9.17, 15) is 4.79 Å². The molecule has 2 aliphatic heterocycles. The molecule has 2 saturated heterocycles. The normalized spacial score (nSPS) is 24.5. The van der Waals surface area contributed by atoms with E-state index in [2.05, 4.69) is 48.0 Å². The maximum atomic E-state index is 11.9. The van der Waals surface area contributed by atoms with E-state index in [-0.39, 0.29) is 5.92 Å². The number of Topliss-reactive ketones (excluding diaryl/α,β-unsaturated/α-hetero) is 1. The molecule has 2 fully saturated rings. The molecule has 0 spiro atoms. The zero-order valence-electron chi connectivity index (χ0n) is 19.7. The van der Waals surface area contributed by atoms with Crippen LogP contribution in [0.2, 0.25) is 0 Å². The van der Waals surface area contributed by atoms with E-state index in [1.165, 1.54) is 5.56 Å². The fourth-order valence-corrected chi connectivity index (χ4v) is 4.97. The third kappa shape index (κ3) is 5.58. The van der Waals surface area contributed by atoms with E-state index in [4.69, 9.17) is 9.97 Å². The number of aromatic nitrogens is 2. The van der Waals surface area contributed by atoms with Crippen LogP contribution in [0, 0.1) is 5.92 Å². The molecule has 2 aliphatic rings. The Morgan fingerprint density at radius 2 is 1.63 bits per heavy atom. The number of likely N-dealkylation sites (tertiary alicyclic amines) is 1. The highest BCUT2D eigenvalue weighted by atomic mass is 16.1. The predicted octanol–water partition coefficient (Wildman–Crippen LogP) is 3.58. The van der Waals surface area contributed by atoms with Crippen LogP contribution >= 0.6 is 0 Å². The average Bonchev–Trinajstić information content (AvgIpc) is 2.77. The second-order valence-electron chi connectivity index (χ2n) is 9.56. The van der Waals surface area contributed by atoms with Gasteiger partial charge in [0.1, 0.15) is 5.78 Å². The van der Waals surface area contributed by atoms with Crippen LogP contribution in [0.3, 0.4) is 0 Å². The van der Waals surface area contributed by atoms with Gasteiger partial charge < -0.3 is 14.7 Å². The summed E-state index contributed by atoms with van der Waals surface area (Å²) in [4.78, 5) is 28.9. The van der Waals surface area contributed by atoms with Crippen molar-refractivity contribution in [2.75, 3.05) is 44.7 Å². The molecule has 6 heteroatoms. The molecular weight excluding hydrogens is 374 g/mol. The van der Waals surface area contributed by atoms with Crippen molar-refractivity contribution in [1.29, 1.82) is 0 Å². The number of rotatable bonds is 8. The van der Waals surface area contributed by atoms with Gasteiger partial charge in [0.15, 0.2) is 0 Å². The number of hydrogen-bond acceptors (Lipinski definition) is 6. The molecule has 3 heterocycles. The molecular formula is C24H41N5O. The highest BCUT2D eigenvalue weighted by Crippen LogP contribution is 2.29. The highest BCUT2D eigenvalue weighted by molar-refractivity contribution is 5.80. The zero-order chi connectivity index (χ0) is 21.7. The van der Waals surface area contributed by atoms with Gasteiger partial charge >= 0.3 is 0 Å². The van der Waals surface area contributed by atoms with Gasteiger partial charge in [0.25, 0.3) is 0 Å². The minimum atomic E-state index is 0.151. The number of anilines is 1. The van der Waals surface area contributed by atoms with E-state index in [0.717, 1.165) is 64.4 Å². The van der Waals surface area contributed by atoms with Crippen LogP contribution in [0.5, 0.6) is 0 Å². The lowest BCUT2D eigenvalue weighted by Gasteiger charge is -2.45. The van der Waals surface area contributed by atoms with Crippen molar-refractivity contribution in [2.45, 2.75) is 77.8 Å². The van der Waals surface area contributed by atoms with Crippen LogP contribution in [-0.4, -0.2) is 77.4 Å². The summed E-state index contributed by atoms with van der Waals surface area (Å²) in [6.45, 7) is 13.7. The maximum Gasteiger partial charge on any atom is 0.225 e. The first-order chi connectivity index (χ1) is 14.4. The molecule has 2 atom stereocenters. The third-order valence-corrected chi connectivity index (χ3v) is 7.04. The first-order valence-corrected chi connectivity index (χ1v) is 12.0. The van der Waals surface area contributed by atoms with E-state index >= 15 is 0 Å². The second kappa shape index (κ2) is 10.7. The average molecular weight is 416 g/mol. The number of ketones is 1. The van der Waals surface area contributed by atoms with Crippen molar-refractivity contribution in [2.24, 2.45) is 5.92 Å². The van der Waals surface area contributed by atoms with Gasteiger partial charge in [-0.3, -0.25) is 4.79 Å². The van der Waals surface area contributed by atoms with Gasteiger partial charge in [-0.25, -0.2) is 9.97 Å². The molecule has 0 aliphatic carbocycles. The number of carbonyl (C=O) groups excluding carboxylic acids is 1. The Balaban J connectivity index is 1.58. The van der Waals surface area contributed by atoms with Crippen molar-refractivity contribution in [3.05, 3.63) is 18.0 Å². The molecule has 3 rings (SSSR count). The van der Waals surface area contributed by atoms with Crippen molar-refractivity contribution >= 4 is 11.7 Å². The standard InChI is InChI=1S/C24H41N5O/c1-6-21-16-27(5)17-22(7-2)29(21)24-25-14-20(15-26-24)19-8-11-28(12-9-19)13-10-23(30)18(3)4/h14-15,18-19,21-22H,6-13,16-17H2,1-5H3. The second-order valence-corrected chi connectivity index (χ2v) is 9.56. The van der Waals surface area contributed by atoms with Crippen molar-refractivity contribution in [1.82, 2.24) is 19.8 Å². The van der Waals surface area contributed by atoms with Crippen LogP contribution in [0.25, 0.3) is 0 Å². The van der Waals surface area contributed by atoms with Crippen LogP contribution in [0.15, 0.2) is 12.4 Å². The number of piperidine rings is 1. The Bertz CT molecular complexity index is 655. The van der Waals surface area contributed by atoms with Crippen molar-refractivity contribution < 1.29 is 4.79 Å². The van der Waals surface area contributed by atoms with Gasteiger partial charge in [0, 0.05) is 56.5 Å². The summed E-state index contributed by atoms with van der Waals surface area (Å²) in [6.07, 6.45) is 9.31. The number of carbonyl (C=O) groups is 1. The van der Waals surface area contributed by atoms with Gasteiger partial charge in [-0.15, -0.1) is 0 Å². The predicted molar refractivity (Wildman–Crippen MR) is 123 cm³/mol. The molecule has 0 aromatic carbocycles. The molecule has 0 bridgehead atoms. The summed E-state index contributed by atoms with van der Waals surface area (Å²) in [7, 11) is 2.22. The van der Waals surface area contributed by atoms with E-state index in [1.54, 1.807) is 0 Å². The Labute approximate surface area is 183 Å². The number of nitrogens with zero attached hydrogens (tertiary/aromatic N) is 5. The van der Waals surface area contributed by atoms with Crippen molar-refractivity contribution in [3.63, 3.8) is 0 Å². The lowest BCUT2D eigenvalue weighted by atomic mass is 9.91. The molecule has 168 valence electrons. The molecule has 0 radical (unpaired) electrons. The highest BCUT2D eigenvalue weighted by Gasteiger charge is 2.33. The maximum absolute atomic E-state index is 11.9. The summed E-state index contributed by atoms with van der Waals surface area (Å²) in [5, 5.41) is 0. The van der Waals surface area contributed by atoms with Crippen LogP contribution < -0.4 is 4.90 Å². The van der Waals surface area contributed by atoms with E-state index in [1.807, 2.05) is 13.8 Å². The molecule has 0 saturated carbocycles. The first kappa shape index (κ1) is 23.1. The van der Waals surface area contributed by atoms with Gasteiger partial charge in [-0.2, -0.15) is 0 Å². The molecule has 1 aromatic heterocycles. The Morgan fingerprint density at radius 1 is 1.07 bits per heavy atom. The lowest BCUT2D eigenvalue weighted by molar-refractivity contribution is -0.122. The quantitative estimate of drug-likeness (QED) is 0.647. The summed E-state index contributed by atoms with van der Waals surface area (Å²) < 4.78 is 0. The lowest BCUT2D eigenvalue weighted by Crippen LogP contribution is -2.58. The monoisotopic (exact) mass is 415 g/mol. The largest absolute Gasteiger partial charge is 0.332 e. The molecule has 6 nitrogen and oxygen atoms in total. The number of hydrogen-bond donors (Lipinski definition) is 0. The molecule has 0 N–H and O–H groups in total. The first-order valence-electron chi connectivity index (χ1n) is 12.0. The fraction of sp³-hybridized carbons (Fsp3) is 0.792. The Kier molecular flexibility index (Phi) is 8.23. The van der Waals surface area contributed by atoms with Crippen LogP contribution in [-0.2, 0) is 4.79 Å². The smallest absolute Gasteiger partial charge is 0.225 e. The fourth-order valence-electron chi connectivity index (χ4n) is 4.97. The minimum absolute atomic E-state index is 0.151. The SMILES string of the molecule is CCC1CN(C)CC(CC)N1c1ncc(C2CCN(CCC(=O)C(C)C)CC2)cn1. The van der Waals surface area contributed by atoms with E-state index < -0.39 is 0 Å². The van der Waals surface area contributed by atoms with Crippen molar-refractivity contribution in [3.8, 4) is 0 Å². The van der Waals surface area contributed by atoms with Gasteiger partial charge in [0.05, 0.1) is 0 Å². The summed E-state index contributed by atoms with van der Waals surface area (Å²) in [6, 6.07) is 0.965. The Hall–Kier alpha value is -1.53. The molecule has 0 amide bonds. The van der Waals surface area contributed by atoms with Gasteiger partial charge in [0.2, 0.25) is 5.95 Å².